The maximum Gasteiger partial charge on any atom is 0.341 e. The first-order chi connectivity index (χ1) is 17.1. The number of benzene rings is 4. The molecule has 1 aromatic heterocycles. The Hall–Kier alpha value is -4.51. The molecule has 1 aliphatic heterocycles. The van der Waals surface area contributed by atoms with Gasteiger partial charge in [0.15, 0.2) is 0 Å². The quantitative estimate of drug-likeness (QED) is 0.297. The molecule has 0 saturated heterocycles. The second-order valence-corrected chi connectivity index (χ2v) is 8.62. The molecular weight excluding hydrogens is 436 g/mol. The second kappa shape index (κ2) is 8.06. The molecule has 0 radical (unpaired) electrons. The van der Waals surface area contributed by atoms with Crippen LogP contribution in [0.4, 0.5) is 11.4 Å². The Balaban J connectivity index is 1.74. The summed E-state index contributed by atoms with van der Waals surface area (Å²) < 4.78 is 11.9. The summed E-state index contributed by atoms with van der Waals surface area (Å²) in [6, 6.07) is 33.6. The van der Waals surface area contributed by atoms with E-state index in [1.54, 1.807) is 7.11 Å². The van der Waals surface area contributed by atoms with Gasteiger partial charge in [0.25, 0.3) is 0 Å². The zero-order chi connectivity index (χ0) is 24.0. The minimum absolute atomic E-state index is 0.347. The van der Waals surface area contributed by atoms with Crippen LogP contribution in [0.3, 0.4) is 0 Å². The molecule has 1 N–H and O–H groups in total. The highest BCUT2D eigenvalue weighted by molar-refractivity contribution is 5.99. The molecule has 0 saturated carbocycles. The van der Waals surface area contributed by atoms with Crippen LogP contribution in [0.25, 0.3) is 10.9 Å². The first kappa shape index (κ1) is 21.1. The van der Waals surface area contributed by atoms with Crippen LogP contribution >= 0.6 is 0 Å². The number of nitrogens with zero attached hydrogens (tertiary/aromatic N) is 1. The first-order valence-electron chi connectivity index (χ1n) is 11.5. The minimum atomic E-state index is -1.23. The fourth-order valence-corrected chi connectivity index (χ4v) is 5.20. The molecule has 5 aromatic rings. The van der Waals surface area contributed by atoms with Crippen molar-refractivity contribution in [3.8, 4) is 5.75 Å². The van der Waals surface area contributed by atoms with Crippen molar-refractivity contribution in [3.63, 3.8) is 0 Å². The van der Waals surface area contributed by atoms with Crippen molar-refractivity contribution >= 4 is 28.2 Å². The van der Waals surface area contributed by atoms with Gasteiger partial charge in [0.1, 0.15) is 5.75 Å². The number of esters is 1. The standard InChI is InChI=1S/C30H24N2O3/c1-20-28(25-13-7-9-15-27(25)31-20)30(26-14-8-6-12-24(26)29(33)35-30)32(21-10-4-3-5-11-21)22-16-18-23(34-2)19-17-22/h3-19,31H,1-2H3. The molecular formula is C30H24N2O3. The van der Waals surface area contributed by atoms with Gasteiger partial charge in [0.05, 0.1) is 18.2 Å². The van der Waals surface area contributed by atoms with Crippen LogP contribution in [0.15, 0.2) is 103 Å². The summed E-state index contributed by atoms with van der Waals surface area (Å²) in [4.78, 5) is 19.0. The van der Waals surface area contributed by atoms with Gasteiger partial charge in [0, 0.05) is 33.5 Å². The van der Waals surface area contributed by atoms with E-state index in [4.69, 9.17) is 9.47 Å². The number of aryl methyl sites for hydroxylation is 1. The second-order valence-electron chi connectivity index (χ2n) is 8.62. The number of carbonyl (C=O) groups is 1. The topological polar surface area (TPSA) is 54.6 Å². The molecule has 0 bridgehead atoms. The van der Waals surface area contributed by atoms with Crippen molar-refractivity contribution in [2.24, 2.45) is 0 Å². The molecule has 5 nitrogen and oxygen atoms in total. The first-order valence-corrected chi connectivity index (χ1v) is 11.5. The Morgan fingerprint density at radius 3 is 2.23 bits per heavy atom. The minimum Gasteiger partial charge on any atom is -0.497 e. The lowest BCUT2D eigenvalue weighted by molar-refractivity contribution is 0.0137. The largest absolute Gasteiger partial charge is 0.497 e. The van der Waals surface area contributed by atoms with Crippen molar-refractivity contribution in [2.75, 3.05) is 12.0 Å². The number of ether oxygens (including phenoxy) is 2. The molecule has 172 valence electrons. The lowest BCUT2D eigenvalue weighted by Crippen LogP contribution is -2.45. The van der Waals surface area contributed by atoms with Crippen molar-refractivity contribution in [1.82, 2.24) is 4.98 Å². The van der Waals surface area contributed by atoms with Crippen molar-refractivity contribution in [3.05, 3.63) is 126 Å². The summed E-state index contributed by atoms with van der Waals surface area (Å²) >= 11 is 0. The van der Waals surface area contributed by atoms with E-state index >= 15 is 0 Å². The number of para-hydroxylation sites is 2. The average molecular weight is 461 g/mol. The van der Waals surface area contributed by atoms with E-state index in [-0.39, 0.29) is 5.97 Å². The predicted octanol–water partition coefficient (Wildman–Crippen LogP) is 6.69. The third-order valence-electron chi connectivity index (χ3n) is 6.64. The van der Waals surface area contributed by atoms with E-state index < -0.39 is 5.72 Å². The molecule has 1 unspecified atom stereocenters. The van der Waals surface area contributed by atoms with Crippen LogP contribution in [-0.2, 0) is 10.5 Å². The van der Waals surface area contributed by atoms with Crippen molar-refractivity contribution < 1.29 is 14.3 Å². The van der Waals surface area contributed by atoms with E-state index in [1.165, 1.54) is 0 Å². The van der Waals surface area contributed by atoms with Crippen LogP contribution in [-0.4, -0.2) is 18.1 Å². The highest BCUT2D eigenvalue weighted by Crippen LogP contribution is 2.52. The highest BCUT2D eigenvalue weighted by atomic mass is 16.6. The van der Waals surface area contributed by atoms with Gasteiger partial charge < -0.3 is 14.5 Å². The van der Waals surface area contributed by atoms with Gasteiger partial charge >= 0.3 is 5.97 Å². The third kappa shape index (κ3) is 3.12. The Kier molecular flexibility index (Phi) is 4.85. The number of anilines is 2. The number of hydrogen-bond donors (Lipinski definition) is 1. The molecule has 0 aliphatic carbocycles. The summed E-state index contributed by atoms with van der Waals surface area (Å²) in [6.07, 6.45) is 0. The van der Waals surface area contributed by atoms with Gasteiger partial charge in [0.2, 0.25) is 5.72 Å². The average Bonchev–Trinajstić information content (AvgIpc) is 3.39. The third-order valence-corrected chi connectivity index (χ3v) is 6.64. The van der Waals surface area contributed by atoms with Crippen LogP contribution < -0.4 is 9.64 Å². The number of H-pyrrole nitrogens is 1. The van der Waals surface area contributed by atoms with E-state index in [2.05, 4.69) is 16.0 Å². The molecule has 5 heteroatoms. The number of hydrogen-bond acceptors (Lipinski definition) is 4. The molecule has 0 spiro atoms. The van der Waals surface area contributed by atoms with Gasteiger partial charge in [-0.25, -0.2) is 4.79 Å². The molecule has 6 rings (SSSR count). The van der Waals surface area contributed by atoms with Gasteiger partial charge in [-0.05, 0) is 55.5 Å². The maximum absolute atomic E-state index is 13.4. The zero-order valence-electron chi connectivity index (χ0n) is 19.5. The number of fused-ring (bicyclic) bond motifs is 2. The Labute approximate surface area is 203 Å². The van der Waals surface area contributed by atoms with E-state index in [0.717, 1.165) is 44.8 Å². The van der Waals surface area contributed by atoms with Crippen LogP contribution in [0.2, 0.25) is 0 Å². The maximum atomic E-state index is 13.4. The monoisotopic (exact) mass is 460 g/mol. The van der Waals surface area contributed by atoms with Gasteiger partial charge in [-0.15, -0.1) is 0 Å². The molecule has 0 fully saturated rings. The molecule has 1 aliphatic rings. The summed E-state index contributed by atoms with van der Waals surface area (Å²) in [5, 5.41) is 1.00. The number of nitrogens with one attached hydrogen (secondary N) is 1. The van der Waals surface area contributed by atoms with E-state index in [1.807, 2.05) is 104 Å². The van der Waals surface area contributed by atoms with Gasteiger partial charge in [-0.3, -0.25) is 4.90 Å². The van der Waals surface area contributed by atoms with E-state index in [0.29, 0.717) is 5.56 Å². The fourth-order valence-electron chi connectivity index (χ4n) is 5.20. The normalized spacial score (nSPS) is 16.7. The number of aromatic nitrogens is 1. The van der Waals surface area contributed by atoms with Gasteiger partial charge in [-0.1, -0.05) is 54.6 Å². The molecule has 4 aromatic carbocycles. The van der Waals surface area contributed by atoms with Crippen LogP contribution in [0.5, 0.6) is 5.75 Å². The Morgan fingerprint density at radius 2 is 1.46 bits per heavy atom. The summed E-state index contributed by atoms with van der Waals surface area (Å²) in [5.74, 6) is 0.405. The lowest BCUT2D eigenvalue weighted by Gasteiger charge is -2.42. The number of carbonyl (C=O) groups excluding carboxylic acids is 1. The molecule has 2 heterocycles. The SMILES string of the molecule is COc1ccc(N(c2ccccc2)C2(c3c(C)[nH]c4ccccc34)OC(=O)c3ccccc32)cc1. The Morgan fingerprint density at radius 1 is 0.800 bits per heavy atom. The molecule has 1 atom stereocenters. The number of methoxy groups -OCH3 is 1. The molecule has 35 heavy (non-hydrogen) atoms. The smallest absolute Gasteiger partial charge is 0.341 e. The lowest BCUT2D eigenvalue weighted by atomic mass is 9.88. The summed E-state index contributed by atoms with van der Waals surface area (Å²) in [6.45, 7) is 2.03. The van der Waals surface area contributed by atoms with Crippen LogP contribution in [0.1, 0.15) is 27.2 Å². The van der Waals surface area contributed by atoms with Gasteiger partial charge in [-0.2, -0.15) is 0 Å². The Bertz CT molecular complexity index is 1540. The van der Waals surface area contributed by atoms with Crippen molar-refractivity contribution in [2.45, 2.75) is 12.6 Å². The summed E-state index contributed by atoms with van der Waals surface area (Å²) in [7, 11) is 1.65. The van der Waals surface area contributed by atoms with Crippen molar-refractivity contribution in [1.29, 1.82) is 0 Å². The molecule has 0 amide bonds. The zero-order valence-corrected chi connectivity index (χ0v) is 19.5. The fraction of sp³-hybridized carbons (Fsp3) is 0.100. The summed E-state index contributed by atoms with van der Waals surface area (Å²) in [5.41, 5.74) is 4.73. The number of rotatable bonds is 5. The predicted molar refractivity (Wildman–Crippen MR) is 137 cm³/mol. The van der Waals surface area contributed by atoms with E-state index in [9.17, 15) is 4.79 Å². The highest BCUT2D eigenvalue weighted by Gasteiger charge is 2.54. The number of aromatic amines is 1. The van der Waals surface area contributed by atoms with Crippen LogP contribution in [0, 0.1) is 6.92 Å². The number of cyclic esters (lactones) is 1.